The first-order valence-corrected chi connectivity index (χ1v) is 8.70. The Bertz CT molecular complexity index is 820. The van der Waals surface area contributed by atoms with Crippen LogP contribution in [0.3, 0.4) is 0 Å². The van der Waals surface area contributed by atoms with Gasteiger partial charge < -0.3 is 18.1 Å². The number of aryl methyl sites for hydroxylation is 1. The van der Waals surface area contributed by atoms with Crippen molar-refractivity contribution in [2.75, 3.05) is 0 Å². The fourth-order valence-corrected chi connectivity index (χ4v) is 3.23. The third-order valence-electron chi connectivity index (χ3n) is 3.66. The Morgan fingerprint density at radius 1 is 0.920 bits per heavy atom. The molecule has 3 aromatic rings. The van der Waals surface area contributed by atoms with Gasteiger partial charge >= 0.3 is 18.9 Å². The van der Waals surface area contributed by atoms with Crippen molar-refractivity contribution in [3.63, 3.8) is 0 Å². The Balaban J connectivity index is 0.00000225. The summed E-state index contributed by atoms with van der Waals surface area (Å²) in [6.07, 6.45) is 0. The maximum Gasteiger partial charge on any atom is 1.00 e. The Morgan fingerprint density at radius 2 is 1.56 bits per heavy atom. The largest absolute Gasteiger partial charge is 1.00 e. The van der Waals surface area contributed by atoms with Gasteiger partial charge in [-0.2, -0.15) is 5.30 Å². The number of hydrogen-bond acceptors (Lipinski definition) is 2. The zero-order valence-corrected chi connectivity index (χ0v) is 15.4. The predicted molar refractivity (Wildman–Crippen MR) is 99.3 cm³/mol. The Labute approximate surface area is 162 Å². The van der Waals surface area contributed by atoms with E-state index in [0.29, 0.717) is 15.2 Å². The van der Waals surface area contributed by atoms with Crippen molar-refractivity contribution in [3.05, 3.63) is 95.6 Å². The van der Waals surface area contributed by atoms with Gasteiger partial charge in [0.2, 0.25) is 0 Å². The minimum Gasteiger partial charge on any atom is -0.489 e. The van der Waals surface area contributed by atoms with Gasteiger partial charge in [0.15, 0.2) is 0 Å². The minimum absolute atomic E-state index is 0. The molecule has 0 atom stereocenters. The van der Waals surface area contributed by atoms with Gasteiger partial charge in [0.05, 0.1) is 0 Å². The van der Waals surface area contributed by atoms with E-state index in [1.165, 1.54) is 0 Å². The molecule has 0 fully saturated rings. The Morgan fingerprint density at radius 3 is 2.20 bits per heavy atom. The fraction of sp³-hybridized carbons (Fsp3) is 0.0952. The third kappa shape index (κ3) is 5.58. The number of hydrogen-bond donors (Lipinski definition) is 0. The van der Waals surface area contributed by atoms with Crippen LogP contribution in [0.1, 0.15) is 21.5 Å². The van der Waals surface area contributed by atoms with Crippen LogP contribution in [0.25, 0.3) is 0 Å². The molecule has 0 saturated carbocycles. The number of rotatable bonds is 6. The van der Waals surface area contributed by atoms with Gasteiger partial charge in [-0.3, -0.25) is 0 Å². The first-order chi connectivity index (χ1) is 11.7. The molecule has 2 nitrogen and oxygen atoms in total. The number of ether oxygens (including phenoxy) is 1. The Kier molecular flexibility index (Phi) is 7.47. The molecule has 3 rings (SSSR count). The molecule has 0 aliphatic carbocycles. The molecule has 0 aromatic heterocycles. The van der Waals surface area contributed by atoms with Crippen LogP contribution >= 0.6 is 8.58 Å². The molecular formula is C21H18LiO2P. The molecule has 0 heterocycles. The van der Waals surface area contributed by atoms with E-state index < -0.39 is 0 Å². The molecule has 0 amide bonds. The molecular weight excluding hydrogens is 322 g/mol. The molecule has 0 aliphatic rings. The topological polar surface area (TPSA) is 26.3 Å². The third-order valence-corrected chi connectivity index (χ3v) is 4.86. The molecule has 0 aliphatic heterocycles. The van der Waals surface area contributed by atoms with Crippen LogP contribution in [0.2, 0.25) is 0 Å². The van der Waals surface area contributed by atoms with Crippen LogP contribution < -0.4 is 28.9 Å². The van der Waals surface area contributed by atoms with E-state index in [1.807, 2.05) is 85.8 Å². The van der Waals surface area contributed by atoms with Gasteiger partial charge in [0.1, 0.15) is 12.4 Å². The zero-order valence-electron chi connectivity index (χ0n) is 14.5. The summed E-state index contributed by atoms with van der Waals surface area (Å²) in [6.45, 7) is 2.55. The van der Waals surface area contributed by atoms with Crippen LogP contribution in [0.15, 0.2) is 78.9 Å². The standard InChI is InChI=1S/C21H18O2P.Li/c1-16-14-19(23-15-17-8-4-2-5-9-17)12-13-20(16)24-21(22)18-10-6-3-7-11-18;/h2-14H,15H2,1H3;/q-1;+1. The average molecular weight is 340 g/mol. The molecule has 0 unspecified atom stereocenters. The molecule has 120 valence electrons. The summed E-state index contributed by atoms with van der Waals surface area (Å²) >= 11 is 0. The van der Waals surface area contributed by atoms with E-state index >= 15 is 0 Å². The minimum atomic E-state index is 0. The van der Waals surface area contributed by atoms with E-state index in [4.69, 9.17) is 4.74 Å². The fourth-order valence-electron chi connectivity index (χ4n) is 2.34. The van der Waals surface area contributed by atoms with Crippen molar-refractivity contribution in [3.8, 4) is 5.75 Å². The van der Waals surface area contributed by atoms with Crippen molar-refractivity contribution in [1.82, 2.24) is 0 Å². The smallest absolute Gasteiger partial charge is 0.489 e. The van der Waals surface area contributed by atoms with Crippen LogP contribution in [-0.2, 0) is 6.61 Å². The van der Waals surface area contributed by atoms with Crippen molar-refractivity contribution < 1.29 is 28.4 Å². The summed E-state index contributed by atoms with van der Waals surface area (Å²) in [5.74, 6) is 0.822. The van der Waals surface area contributed by atoms with Crippen molar-refractivity contribution in [2.24, 2.45) is 0 Å². The maximum atomic E-state index is 12.3. The summed E-state index contributed by atoms with van der Waals surface area (Å²) in [5, 5.41) is 1.01. The molecule has 0 spiro atoms. The number of carbonyl (C=O) groups is 1. The predicted octanol–water partition coefficient (Wildman–Crippen LogP) is 1.99. The average Bonchev–Trinajstić information content (AvgIpc) is 2.63. The van der Waals surface area contributed by atoms with E-state index in [0.717, 1.165) is 27.7 Å². The molecule has 0 bridgehead atoms. The quantitative estimate of drug-likeness (QED) is 0.507. The molecule has 4 heteroatoms. The van der Waals surface area contributed by atoms with Gasteiger partial charge in [-0.15, -0.1) is 0 Å². The van der Waals surface area contributed by atoms with Crippen LogP contribution in [0, 0.1) is 6.92 Å². The molecule has 0 saturated heterocycles. The number of carbonyl (C=O) groups excluding carboxylic acids is 1. The molecule has 0 N–H and O–H groups in total. The molecule has 3 aromatic carbocycles. The van der Waals surface area contributed by atoms with Gasteiger partial charge in [-0.05, 0) is 30.2 Å². The van der Waals surface area contributed by atoms with Crippen molar-refractivity contribution >= 4 is 19.4 Å². The van der Waals surface area contributed by atoms with Crippen LogP contribution in [-0.4, -0.2) is 5.52 Å². The first-order valence-electron chi connectivity index (χ1n) is 7.81. The summed E-state index contributed by atoms with van der Waals surface area (Å²) in [6, 6.07) is 25.3. The summed E-state index contributed by atoms with van der Waals surface area (Å²) in [5.41, 5.74) is 3.04. The summed E-state index contributed by atoms with van der Waals surface area (Å²) in [4.78, 5) is 12.3. The second-order valence-corrected chi connectivity index (χ2v) is 6.62. The first kappa shape index (κ1) is 19.5. The second kappa shape index (κ2) is 9.59. The van der Waals surface area contributed by atoms with Crippen LogP contribution in [0.5, 0.6) is 5.75 Å². The number of benzene rings is 3. The van der Waals surface area contributed by atoms with E-state index in [9.17, 15) is 4.79 Å². The van der Waals surface area contributed by atoms with E-state index in [1.54, 1.807) is 0 Å². The van der Waals surface area contributed by atoms with E-state index in [2.05, 4.69) is 0 Å². The van der Waals surface area contributed by atoms with Gasteiger partial charge in [-0.1, -0.05) is 72.3 Å². The van der Waals surface area contributed by atoms with Crippen molar-refractivity contribution in [1.29, 1.82) is 0 Å². The summed E-state index contributed by atoms with van der Waals surface area (Å²) in [7, 11) is 0.692. The second-order valence-electron chi connectivity index (χ2n) is 5.51. The SMILES string of the molecule is Cc1cc(OCc2ccccc2)ccc1[P-]C(=O)c1ccccc1.[Li+]. The monoisotopic (exact) mass is 340 g/mol. The molecule has 0 radical (unpaired) electrons. The van der Waals surface area contributed by atoms with E-state index in [-0.39, 0.29) is 24.4 Å². The Hall–Kier alpha value is -1.84. The maximum absolute atomic E-state index is 12.3. The summed E-state index contributed by atoms with van der Waals surface area (Å²) < 4.78 is 5.83. The van der Waals surface area contributed by atoms with Gasteiger partial charge in [0, 0.05) is 5.52 Å². The van der Waals surface area contributed by atoms with Crippen molar-refractivity contribution in [2.45, 2.75) is 13.5 Å². The van der Waals surface area contributed by atoms with Crippen LogP contribution in [0.4, 0.5) is 0 Å². The van der Waals surface area contributed by atoms with Gasteiger partial charge in [0.25, 0.3) is 0 Å². The normalized spacial score (nSPS) is 10.4. The molecule has 25 heavy (non-hydrogen) atoms. The zero-order chi connectivity index (χ0) is 16.8. The van der Waals surface area contributed by atoms with Gasteiger partial charge in [-0.25, -0.2) is 0 Å².